The van der Waals surface area contributed by atoms with E-state index in [9.17, 15) is 0 Å². The molecule has 1 saturated carbocycles. The van der Waals surface area contributed by atoms with Crippen molar-refractivity contribution in [3.05, 3.63) is 46.4 Å². The van der Waals surface area contributed by atoms with Crippen molar-refractivity contribution in [1.29, 1.82) is 0 Å². The zero-order valence-corrected chi connectivity index (χ0v) is 14.7. The molecule has 2 heterocycles. The van der Waals surface area contributed by atoms with E-state index in [1.54, 1.807) is 11.8 Å². The number of fused-ring (bicyclic) bond motifs is 1. The van der Waals surface area contributed by atoms with Crippen molar-refractivity contribution in [1.82, 2.24) is 19.7 Å². The first-order valence-electron chi connectivity index (χ1n) is 7.73. The van der Waals surface area contributed by atoms with Crippen molar-refractivity contribution in [3.8, 4) is 0 Å². The number of aromatic nitrogens is 4. The lowest BCUT2D eigenvalue weighted by Crippen LogP contribution is -2.00. The molecule has 0 radical (unpaired) electrons. The zero-order valence-electron chi connectivity index (χ0n) is 13.1. The van der Waals surface area contributed by atoms with E-state index in [0.717, 1.165) is 38.2 Å². The van der Waals surface area contributed by atoms with Crippen LogP contribution in [0.5, 0.6) is 0 Å². The monoisotopic (exact) mass is 344 g/mol. The number of thioether (sulfide) groups is 1. The predicted octanol–water partition coefficient (Wildman–Crippen LogP) is 4.72. The molecule has 23 heavy (non-hydrogen) atoms. The Morgan fingerprint density at radius 2 is 2.00 bits per heavy atom. The summed E-state index contributed by atoms with van der Waals surface area (Å²) in [7, 11) is 0. The van der Waals surface area contributed by atoms with Gasteiger partial charge in [-0.15, -0.1) is 10.2 Å². The fourth-order valence-electron chi connectivity index (χ4n) is 2.85. The van der Waals surface area contributed by atoms with E-state index in [0.29, 0.717) is 11.8 Å². The van der Waals surface area contributed by atoms with Gasteiger partial charge >= 0.3 is 0 Å². The van der Waals surface area contributed by atoms with Gasteiger partial charge in [0.05, 0.1) is 16.2 Å². The molecule has 0 N–H and O–H groups in total. The summed E-state index contributed by atoms with van der Waals surface area (Å²) in [6.45, 7) is 4.07. The van der Waals surface area contributed by atoms with Gasteiger partial charge in [0, 0.05) is 17.2 Å². The van der Waals surface area contributed by atoms with Gasteiger partial charge in [0.2, 0.25) is 0 Å². The number of aryl methyl sites for hydroxylation is 2. The fourth-order valence-corrected chi connectivity index (χ4v) is 4.13. The average Bonchev–Trinajstić information content (AvgIpc) is 3.33. The van der Waals surface area contributed by atoms with Crippen LogP contribution in [0.15, 0.2) is 29.4 Å². The van der Waals surface area contributed by atoms with Crippen LogP contribution in [-0.4, -0.2) is 19.7 Å². The Balaban J connectivity index is 1.64. The van der Waals surface area contributed by atoms with Crippen molar-refractivity contribution in [3.63, 3.8) is 0 Å². The summed E-state index contributed by atoms with van der Waals surface area (Å²) in [5.41, 5.74) is 2.99. The number of halogens is 1. The van der Waals surface area contributed by atoms with Gasteiger partial charge in [-0.3, -0.25) is 4.98 Å². The van der Waals surface area contributed by atoms with E-state index in [4.69, 9.17) is 16.6 Å². The van der Waals surface area contributed by atoms with Crippen molar-refractivity contribution >= 4 is 34.3 Å². The van der Waals surface area contributed by atoms with Gasteiger partial charge in [0.25, 0.3) is 0 Å². The van der Waals surface area contributed by atoms with E-state index in [1.165, 1.54) is 12.8 Å². The summed E-state index contributed by atoms with van der Waals surface area (Å²) in [5, 5.41) is 11.4. The Kier molecular flexibility index (Phi) is 3.77. The molecule has 4 nitrogen and oxygen atoms in total. The van der Waals surface area contributed by atoms with Crippen LogP contribution in [0.25, 0.3) is 10.9 Å². The molecule has 0 saturated heterocycles. The van der Waals surface area contributed by atoms with E-state index in [1.807, 2.05) is 25.1 Å². The molecule has 1 aliphatic carbocycles. The van der Waals surface area contributed by atoms with Crippen molar-refractivity contribution in [2.45, 2.75) is 43.6 Å². The number of hydrogen-bond acceptors (Lipinski definition) is 4. The summed E-state index contributed by atoms with van der Waals surface area (Å²) in [6.07, 6.45) is 2.45. The predicted molar refractivity (Wildman–Crippen MR) is 94.1 cm³/mol. The lowest BCUT2D eigenvalue weighted by molar-refractivity contribution is 0.644. The highest BCUT2D eigenvalue weighted by Crippen LogP contribution is 2.39. The van der Waals surface area contributed by atoms with Crippen molar-refractivity contribution in [2.24, 2.45) is 0 Å². The van der Waals surface area contributed by atoms with Crippen LogP contribution >= 0.6 is 23.4 Å². The third-order valence-electron chi connectivity index (χ3n) is 4.23. The van der Waals surface area contributed by atoms with Gasteiger partial charge < -0.3 is 4.57 Å². The third kappa shape index (κ3) is 2.72. The van der Waals surface area contributed by atoms with E-state index in [2.05, 4.69) is 27.8 Å². The minimum absolute atomic E-state index is 0.578. The quantitative estimate of drug-likeness (QED) is 0.642. The number of hydrogen-bond donors (Lipinski definition) is 0. The molecule has 4 rings (SSSR count). The number of rotatable bonds is 4. The lowest BCUT2D eigenvalue weighted by Gasteiger charge is -2.10. The van der Waals surface area contributed by atoms with E-state index >= 15 is 0 Å². The second-order valence-corrected chi connectivity index (χ2v) is 7.25. The molecule has 0 amide bonds. The summed E-state index contributed by atoms with van der Waals surface area (Å²) in [5.74, 6) is 1.69. The molecule has 1 aliphatic rings. The Labute approximate surface area is 144 Å². The van der Waals surface area contributed by atoms with E-state index < -0.39 is 0 Å². The van der Waals surface area contributed by atoms with Crippen LogP contribution in [-0.2, 0) is 5.75 Å². The molecular formula is C17H17ClN4S. The first-order valence-corrected chi connectivity index (χ1v) is 9.09. The minimum atomic E-state index is 0.578. The van der Waals surface area contributed by atoms with Gasteiger partial charge in [-0.2, -0.15) is 0 Å². The molecule has 6 heteroatoms. The molecule has 1 aromatic carbocycles. The Morgan fingerprint density at radius 3 is 2.78 bits per heavy atom. The zero-order chi connectivity index (χ0) is 16.0. The molecule has 3 aromatic rings. The number of nitrogens with zero attached hydrogens (tertiary/aromatic N) is 4. The molecule has 118 valence electrons. The maximum absolute atomic E-state index is 6.54. The van der Waals surface area contributed by atoms with Crippen LogP contribution in [0, 0.1) is 13.8 Å². The lowest BCUT2D eigenvalue weighted by atomic mass is 10.1. The number of pyridine rings is 1. The van der Waals surface area contributed by atoms with Gasteiger partial charge in [0.15, 0.2) is 5.16 Å². The van der Waals surface area contributed by atoms with Crippen molar-refractivity contribution in [2.75, 3.05) is 0 Å². The first kappa shape index (κ1) is 15.0. The maximum atomic E-state index is 6.54. The van der Waals surface area contributed by atoms with Crippen LogP contribution in [0.3, 0.4) is 0 Å². The first-order chi connectivity index (χ1) is 11.1. The number of benzene rings is 1. The average molecular weight is 345 g/mol. The van der Waals surface area contributed by atoms with Gasteiger partial charge in [-0.25, -0.2) is 0 Å². The largest absolute Gasteiger partial charge is 0.303 e. The summed E-state index contributed by atoms with van der Waals surface area (Å²) in [6, 6.07) is 8.70. The van der Waals surface area contributed by atoms with Gasteiger partial charge in [-0.05, 0) is 38.3 Å². The van der Waals surface area contributed by atoms with Gasteiger partial charge in [0.1, 0.15) is 5.82 Å². The standard InChI is InChI=1S/C17H17ClN4S/c1-10-13-5-3-4-6-14(13)19-15(16(10)18)9-23-17-21-20-11(2)22(17)12-7-8-12/h3-6,12H,7-9H2,1-2H3. The summed E-state index contributed by atoms with van der Waals surface area (Å²) in [4.78, 5) is 4.74. The molecule has 0 unspecified atom stereocenters. The third-order valence-corrected chi connectivity index (χ3v) is 5.69. The molecule has 1 fully saturated rings. The van der Waals surface area contributed by atoms with Crippen LogP contribution in [0.1, 0.15) is 36.0 Å². The van der Waals surface area contributed by atoms with Crippen LogP contribution in [0.4, 0.5) is 0 Å². The normalized spacial score (nSPS) is 14.6. The SMILES string of the molecule is Cc1c(Cl)c(CSc2nnc(C)n2C2CC2)nc2ccccc12. The van der Waals surface area contributed by atoms with Crippen molar-refractivity contribution < 1.29 is 0 Å². The summed E-state index contributed by atoms with van der Waals surface area (Å²) >= 11 is 8.20. The molecule has 0 atom stereocenters. The second kappa shape index (κ2) is 5.80. The molecule has 0 bridgehead atoms. The Morgan fingerprint density at radius 1 is 1.22 bits per heavy atom. The minimum Gasteiger partial charge on any atom is -0.303 e. The number of para-hydroxylation sites is 1. The smallest absolute Gasteiger partial charge is 0.191 e. The summed E-state index contributed by atoms with van der Waals surface area (Å²) < 4.78 is 2.24. The molecule has 0 aliphatic heterocycles. The van der Waals surface area contributed by atoms with E-state index in [-0.39, 0.29) is 0 Å². The topological polar surface area (TPSA) is 43.6 Å². The highest BCUT2D eigenvalue weighted by Gasteiger charge is 2.28. The molecular weight excluding hydrogens is 328 g/mol. The molecule has 0 spiro atoms. The molecule has 2 aromatic heterocycles. The highest BCUT2D eigenvalue weighted by molar-refractivity contribution is 7.98. The van der Waals surface area contributed by atoms with Crippen LogP contribution < -0.4 is 0 Å². The van der Waals surface area contributed by atoms with Gasteiger partial charge in [-0.1, -0.05) is 41.6 Å². The highest BCUT2D eigenvalue weighted by atomic mass is 35.5. The fraction of sp³-hybridized carbons (Fsp3) is 0.353. The maximum Gasteiger partial charge on any atom is 0.191 e. The Hall–Kier alpha value is -1.59. The van der Waals surface area contributed by atoms with Crippen LogP contribution in [0.2, 0.25) is 5.02 Å². The second-order valence-electron chi connectivity index (χ2n) is 5.93. The Bertz CT molecular complexity index is 886.